The van der Waals surface area contributed by atoms with Gasteiger partial charge in [0, 0.05) is 25.5 Å². The van der Waals surface area contributed by atoms with Crippen LogP contribution in [0, 0.1) is 0 Å². The van der Waals surface area contributed by atoms with Crippen LogP contribution in [-0.2, 0) is 0 Å². The second-order valence-electron chi connectivity index (χ2n) is 4.40. The zero-order valence-electron chi connectivity index (χ0n) is 10.2. The molecule has 0 aliphatic carbocycles. The second kappa shape index (κ2) is 5.11. The summed E-state index contributed by atoms with van der Waals surface area (Å²) in [7, 11) is 0. The molecule has 0 radical (unpaired) electrons. The van der Waals surface area contributed by atoms with Crippen LogP contribution in [0.15, 0.2) is 45.3 Å². The summed E-state index contributed by atoms with van der Waals surface area (Å²) < 4.78 is 1.40. The molecule has 0 heterocycles. The molecule has 0 aliphatic heterocycles. The molecule has 0 amide bonds. The van der Waals surface area contributed by atoms with Crippen molar-refractivity contribution in [2.24, 2.45) is 0 Å². The average Bonchev–Trinajstić information content (AvgIpc) is 2.49. The average molecular weight is 392 g/mol. The summed E-state index contributed by atoms with van der Waals surface area (Å²) in [5, 5.41) is 3.83. The maximum Gasteiger partial charge on any atom is 0.151 e. The third-order valence-corrected chi connectivity index (χ3v) is 5.54. The molecule has 0 atom stereocenters. The van der Waals surface area contributed by atoms with E-state index in [1.54, 1.807) is 0 Å². The molecule has 4 heteroatoms. The normalized spacial score (nSPS) is 10.9. The Morgan fingerprint density at radius 2 is 1.45 bits per heavy atom. The highest BCUT2D eigenvalue weighted by molar-refractivity contribution is 9.13. The molecule has 0 bridgehead atoms. The van der Waals surface area contributed by atoms with E-state index in [0.29, 0.717) is 21.9 Å². The Bertz CT molecular complexity index is 869. The molecule has 3 rings (SSSR count). The highest BCUT2D eigenvalue weighted by atomic mass is 79.9. The predicted molar refractivity (Wildman–Crippen MR) is 87.6 cm³/mol. The minimum absolute atomic E-state index is 0.370. The van der Waals surface area contributed by atoms with E-state index < -0.39 is 0 Å². The Balaban J connectivity index is 2.67. The van der Waals surface area contributed by atoms with Crippen LogP contribution in [0.25, 0.3) is 21.5 Å². The van der Waals surface area contributed by atoms with E-state index in [9.17, 15) is 9.59 Å². The van der Waals surface area contributed by atoms with Crippen LogP contribution in [0.3, 0.4) is 0 Å². The van der Waals surface area contributed by atoms with Gasteiger partial charge in [0.1, 0.15) is 0 Å². The summed E-state index contributed by atoms with van der Waals surface area (Å²) in [4.78, 5) is 22.7. The quantitative estimate of drug-likeness (QED) is 0.447. The molecule has 0 saturated carbocycles. The lowest BCUT2D eigenvalue weighted by Gasteiger charge is -2.12. The summed E-state index contributed by atoms with van der Waals surface area (Å²) in [5.41, 5.74) is 0.783. The van der Waals surface area contributed by atoms with Crippen LogP contribution >= 0.6 is 31.9 Å². The van der Waals surface area contributed by atoms with Crippen LogP contribution in [0.5, 0.6) is 0 Å². The molecule has 0 aliphatic rings. The van der Waals surface area contributed by atoms with Crippen molar-refractivity contribution in [3.05, 3.63) is 56.5 Å². The van der Waals surface area contributed by atoms with E-state index in [2.05, 4.69) is 31.9 Å². The number of rotatable bonds is 2. The molecule has 20 heavy (non-hydrogen) atoms. The lowest BCUT2D eigenvalue weighted by atomic mass is 9.96. The number of halogens is 2. The van der Waals surface area contributed by atoms with Crippen LogP contribution in [0.4, 0.5) is 0 Å². The largest absolute Gasteiger partial charge is 0.298 e. The molecular weight excluding hydrogens is 384 g/mol. The Labute approximate surface area is 132 Å². The van der Waals surface area contributed by atoms with E-state index in [4.69, 9.17) is 0 Å². The van der Waals surface area contributed by atoms with Crippen molar-refractivity contribution < 1.29 is 9.59 Å². The SMILES string of the molecule is O=Cc1c(Br)c(Br)c2c(ccc3ccccc32)c1C=O. The second-order valence-corrected chi connectivity index (χ2v) is 5.99. The summed E-state index contributed by atoms with van der Waals surface area (Å²) >= 11 is 6.94. The van der Waals surface area contributed by atoms with Crippen LogP contribution in [-0.4, -0.2) is 12.6 Å². The van der Waals surface area contributed by atoms with Crippen molar-refractivity contribution >= 4 is 66.0 Å². The molecule has 0 fully saturated rings. The first-order chi connectivity index (χ1) is 9.69. The van der Waals surface area contributed by atoms with Gasteiger partial charge in [0.15, 0.2) is 12.6 Å². The van der Waals surface area contributed by atoms with Crippen molar-refractivity contribution in [2.45, 2.75) is 0 Å². The smallest absolute Gasteiger partial charge is 0.151 e. The van der Waals surface area contributed by atoms with Gasteiger partial charge in [-0.1, -0.05) is 36.4 Å². The number of carbonyl (C=O) groups is 2. The van der Waals surface area contributed by atoms with Gasteiger partial charge in [-0.2, -0.15) is 0 Å². The van der Waals surface area contributed by atoms with Gasteiger partial charge >= 0.3 is 0 Å². The maximum atomic E-state index is 11.4. The van der Waals surface area contributed by atoms with E-state index in [1.807, 2.05) is 36.4 Å². The van der Waals surface area contributed by atoms with Gasteiger partial charge < -0.3 is 0 Å². The lowest BCUT2D eigenvalue weighted by molar-refractivity contribution is 0.109. The Hall–Kier alpha value is -1.52. The Kier molecular flexibility index (Phi) is 3.44. The molecule has 0 N–H and O–H groups in total. The third kappa shape index (κ3) is 1.83. The Morgan fingerprint density at radius 1 is 0.750 bits per heavy atom. The summed E-state index contributed by atoms with van der Waals surface area (Å²) in [6.07, 6.45) is 1.44. The summed E-state index contributed by atoms with van der Waals surface area (Å²) in [6, 6.07) is 11.8. The van der Waals surface area contributed by atoms with Crippen molar-refractivity contribution in [1.29, 1.82) is 0 Å². The minimum Gasteiger partial charge on any atom is -0.298 e. The van der Waals surface area contributed by atoms with Crippen LogP contribution < -0.4 is 0 Å². The van der Waals surface area contributed by atoms with Crippen molar-refractivity contribution in [3.8, 4) is 0 Å². The fourth-order valence-corrected chi connectivity index (χ4v) is 3.61. The van der Waals surface area contributed by atoms with Gasteiger partial charge in [-0.25, -0.2) is 0 Å². The maximum absolute atomic E-state index is 11.4. The molecule has 0 saturated heterocycles. The minimum atomic E-state index is 0.370. The van der Waals surface area contributed by atoms with Crippen molar-refractivity contribution in [2.75, 3.05) is 0 Å². The summed E-state index contributed by atoms with van der Waals surface area (Å²) in [5.74, 6) is 0. The number of hydrogen-bond donors (Lipinski definition) is 0. The van der Waals surface area contributed by atoms with Gasteiger partial charge in [-0.3, -0.25) is 9.59 Å². The van der Waals surface area contributed by atoms with E-state index in [1.165, 1.54) is 0 Å². The van der Waals surface area contributed by atoms with Gasteiger partial charge in [0.05, 0.1) is 0 Å². The first kappa shape index (κ1) is 13.5. The zero-order chi connectivity index (χ0) is 14.3. The number of carbonyl (C=O) groups excluding carboxylic acids is 2. The number of hydrogen-bond acceptors (Lipinski definition) is 2. The number of benzene rings is 3. The van der Waals surface area contributed by atoms with Crippen molar-refractivity contribution in [3.63, 3.8) is 0 Å². The monoisotopic (exact) mass is 390 g/mol. The topological polar surface area (TPSA) is 34.1 Å². The highest BCUT2D eigenvalue weighted by Gasteiger charge is 2.17. The predicted octanol–water partition coefficient (Wildman–Crippen LogP) is 5.14. The Morgan fingerprint density at radius 3 is 2.15 bits per heavy atom. The number of aldehydes is 2. The fourth-order valence-electron chi connectivity index (χ4n) is 2.47. The van der Waals surface area contributed by atoms with Crippen LogP contribution in [0.2, 0.25) is 0 Å². The van der Waals surface area contributed by atoms with E-state index in [0.717, 1.165) is 32.3 Å². The molecule has 0 unspecified atom stereocenters. The first-order valence-corrected chi connectivity index (χ1v) is 7.50. The standard InChI is InChI=1S/C16H8Br2O2/c17-15-13(8-20)12(7-19)11-6-5-9-3-1-2-4-10(9)14(11)16(15)18/h1-8H. The van der Waals surface area contributed by atoms with Gasteiger partial charge in [-0.15, -0.1) is 0 Å². The van der Waals surface area contributed by atoms with E-state index in [-0.39, 0.29) is 0 Å². The molecule has 0 spiro atoms. The molecule has 98 valence electrons. The molecule has 3 aromatic rings. The number of fused-ring (bicyclic) bond motifs is 3. The molecule has 3 aromatic carbocycles. The molecular formula is C16H8Br2O2. The molecule has 0 aromatic heterocycles. The lowest BCUT2D eigenvalue weighted by Crippen LogP contribution is -1.96. The van der Waals surface area contributed by atoms with Gasteiger partial charge in [0.2, 0.25) is 0 Å². The van der Waals surface area contributed by atoms with Gasteiger partial charge in [-0.05, 0) is 48.0 Å². The summed E-state index contributed by atoms with van der Waals surface area (Å²) in [6.45, 7) is 0. The van der Waals surface area contributed by atoms with Crippen molar-refractivity contribution in [1.82, 2.24) is 0 Å². The fraction of sp³-hybridized carbons (Fsp3) is 0. The van der Waals surface area contributed by atoms with Gasteiger partial charge in [0.25, 0.3) is 0 Å². The van der Waals surface area contributed by atoms with E-state index >= 15 is 0 Å². The first-order valence-electron chi connectivity index (χ1n) is 5.91. The zero-order valence-corrected chi connectivity index (χ0v) is 13.4. The molecule has 2 nitrogen and oxygen atoms in total. The van der Waals surface area contributed by atoms with Crippen LogP contribution in [0.1, 0.15) is 20.7 Å². The highest BCUT2D eigenvalue weighted by Crippen LogP contribution is 2.40. The third-order valence-electron chi connectivity index (χ3n) is 3.39.